The number of nitrogens with zero attached hydrogens (tertiary/aromatic N) is 5. The Morgan fingerprint density at radius 2 is 2.00 bits per heavy atom. The summed E-state index contributed by atoms with van der Waals surface area (Å²) in [4.78, 5) is 21.5. The Labute approximate surface area is 185 Å². The number of aliphatic imine (C=N–C) groups is 1. The van der Waals surface area contributed by atoms with Gasteiger partial charge in [-0.3, -0.25) is 14.5 Å². The van der Waals surface area contributed by atoms with Gasteiger partial charge in [-0.1, -0.05) is 30.3 Å². The number of aryl methyl sites for hydroxylation is 1. The van der Waals surface area contributed by atoms with Crippen LogP contribution in [-0.2, 0) is 11.8 Å². The highest BCUT2D eigenvalue weighted by molar-refractivity contribution is 5.98. The number of hydrogen-bond acceptors (Lipinski definition) is 4. The number of nitrogens with one attached hydrogen (secondary N) is 2. The lowest BCUT2D eigenvalue weighted by molar-refractivity contribution is -0.120. The maximum atomic E-state index is 12.8. The molecular formula is C23H35N7O. The quantitative estimate of drug-likeness (QED) is 0.525. The summed E-state index contributed by atoms with van der Waals surface area (Å²) in [7, 11) is 1.86. The zero-order chi connectivity index (χ0) is 22.4. The smallest absolute Gasteiger partial charge is 0.246 e. The first-order valence-electron chi connectivity index (χ1n) is 10.9. The molecule has 1 saturated heterocycles. The first kappa shape index (κ1) is 22.8. The van der Waals surface area contributed by atoms with Crippen LogP contribution in [0.2, 0.25) is 0 Å². The first-order valence-corrected chi connectivity index (χ1v) is 10.9. The van der Waals surface area contributed by atoms with Crippen molar-refractivity contribution in [2.45, 2.75) is 39.3 Å². The van der Waals surface area contributed by atoms with Gasteiger partial charge in [0.15, 0.2) is 5.96 Å². The molecule has 8 heteroatoms. The van der Waals surface area contributed by atoms with E-state index in [1.165, 1.54) is 5.56 Å². The molecule has 0 radical (unpaired) electrons. The Morgan fingerprint density at radius 3 is 2.61 bits per heavy atom. The summed E-state index contributed by atoms with van der Waals surface area (Å²) in [5.41, 5.74) is 1.90. The molecule has 168 valence electrons. The van der Waals surface area contributed by atoms with E-state index in [2.05, 4.69) is 60.8 Å². The summed E-state index contributed by atoms with van der Waals surface area (Å²) in [6.45, 7) is 11.5. The second-order valence-corrected chi connectivity index (χ2v) is 8.67. The van der Waals surface area contributed by atoms with Gasteiger partial charge in [0.2, 0.25) is 5.91 Å². The molecule has 1 aliphatic heterocycles. The topological polar surface area (TPSA) is 77.8 Å². The highest BCUT2D eigenvalue weighted by Crippen LogP contribution is 2.18. The Morgan fingerprint density at radius 1 is 1.26 bits per heavy atom. The van der Waals surface area contributed by atoms with Gasteiger partial charge < -0.3 is 20.4 Å². The highest BCUT2D eigenvalue weighted by atomic mass is 16.2. The van der Waals surface area contributed by atoms with Crippen LogP contribution in [0.1, 0.15) is 39.3 Å². The Bertz CT molecular complexity index is 890. The second-order valence-electron chi connectivity index (χ2n) is 8.67. The SMILES string of the molecule is CCNC(=NCC(C)(C)NC(C)c1ccccc1)N1CCN(c2cnn(C)c2)C(=O)C1. The van der Waals surface area contributed by atoms with Crippen molar-refractivity contribution in [3.8, 4) is 0 Å². The minimum absolute atomic E-state index is 0.0555. The first-order chi connectivity index (χ1) is 14.8. The van der Waals surface area contributed by atoms with Crippen LogP contribution in [0.5, 0.6) is 0 Å². The summed E-state index contributed by atoms with van der Waals surface area (Å²) in [6.07, 6.45) is 3.60. The van der Waals surface area contributed by atoms with Crippen molar-refractivity contribution in [1.29, 1.82) is 0 Å². The number of aromatic nitrogens is 2. The van der Waals surface area contributed by atoms with Crippen LogP contribution in [0.3, 0.4) is 0 Å². The Hall–Kier alpha value is -2.87. The maximum absolute atomic E-state index is 12.8. The van der Waals surface area contributed by atoms with E-state index in [0.717, 1.165) is 24.7 Å². The fraction of sp³-hybridized carbons (Fsp3) is 0.522. The molecule has 1 fully saturated rings. The van der Waals surface area contributed by atoms with Crippen LogP contribution in [0, 0.1) is 0 Å². The summed E-state index contributed by atoms with van der Waals surface area (Å²) < 4.78 is 1.71. The lowest BCUT2D eigenvalue weighted by Gasteiger charge is -2.36. The number of benzene rings is 1. The minimum atomic E-state index is -0.197. The third-order valence-electron chi connectivity index (χ3n) is 5.39. The molecule has 3 rings (SSSR count). The van der Waals surface area contributed by atoms with Crippen LogP contribution in [0.4, 0.5) is 5.69 Å². The van der Waals surface area contributed by atoms with Gasteiger partial charge in [-0.15, -0.1) is 0 Å². The molecule has 2 aromatic rings. The van der Waals surface area contributed by atoms with Crippen LogP contribution in [-0.4, -0.2) is 64.8 Å². The Kier molecular flexibility index (Phi) is 7.33. The normalized spacial score (nSPS) is 16.5. The average Bonchev–Trinajstić information content (AvgIpc) is 3.17. The van der Waals surface area contributed by atoms with Crippen LogP contribution < -0.4 is 15.5 Å². The molecule has 2 N–H and O–H groups in total. The van der Waals surface area contributed by atoms with Crippen LogP contribution in [0.15, 0.2) is 47.7 Å². The predicted octanol–water partition coefficient (Wildman–Crippen LogP) is 2.16. The van der Waals surface area contributed by atoms with Crippen molar-refractivity contribution in [3.63, 3.8) is 0 Å². The molecule has 1 atom stereocenters. The largest absolute Gasteiger partial charge is 0.357 e. The average molecular weight is 426 g/mol. The highest BCUT2D eigenvalue weighted by Gasteiger charge is 2.28. The van der Waals surface area contributed by atoms with E-state index in [0.29, 0.717) is 19.6 Å². The van der Waals surface area contributed by atoms with E-state index in [4.69, 9.17) is 4.99 Å². The van der Waals surface area contributed by atoms with Crippen molar-refractivity contribution >= 4 is 17.6 Å². The fourth-order valence-electron chi connectivity index (χ4n) is 3.83. The summed E-state index contributed by atoms with van der Waals surface area (Å²) in [5, 5.41) is 11.2. The van der Waals surface area contributed by atoms with E-state index in [9.17, 15) is 4.79 Å². The molecular weight excluding hydrogens is 390 g/mol. The van der Waals surface area contributed by atoms with Gasteiger partial charge in [0.05, 0.1) is 18.4 Å². The van der Waals surface area contributed by atoms with Gasteiger partial charge in [0.25, 0.3) is 0 Å². The van der Waals surface area contributed by atoms with E-state index in [1.54, 1.807) is 15.8 Å². The van der Waals surface area contributed by atoms with Gasteiger partial charge in [-0.05, 0) is 33.3 Å². The van der Waals surface area contributed by atoms with Gasteiger partial charge in [0.1, 0.15) is 6.54 Å². The molecule has 0 spiro atoms. The third kappa shape index (κ3) is 6.07. The number of carbonyl (C=O) groups excluding carboxylic acids is 1. The van der Waals surface area contributed by atoms with Crippen LogP contribution >= 0.6 is 0 Å². The van der Waals surface area contributed by atoms with Crippen molar-refractivity contribution in [1.82, 2.24) is 25.3 Å². The van der Waals surface area contributed by atoms with Crippen molar-refractivity contribution in [2.24, 2.45) is 12.0 Å². The molecule has 2 heterocycles. The zero-order valence-corrected chi connectivity index (χ0v) is 19.3. The van der Waals surface area contributed by atoms with Crippen molar-refractivity contribution in [2.75, 3.05) is 37.6 Å². The monoisotopic (exact) mass is 425 g/mol. The molecule has 8 nitrogen and oxygen atoms in total. The number of amides is 1. The number of piperazine rings is 1. The van der Waals surface area contributed by atoms with E-state index in [-0.39, 0.29) is 17.5 Å². The predicted molar refractivity (Wildman–Crippen MR) is 125 cm³/mol. The number of anilines is 1. The molecule has 0 bridgehead atoms. The molecule has 1 unspecified atom stereocenters. The molecule has 0 aliphatic carbocycles. The summed E-state index contributed by atoms with van der Waals surface area (Å²) in [6, 6.07) is 10.6. The molecule has 1 amide bonds. The Balaban J connectivity index is 1.63. The molecule has 1 aromatic heterocycles. The van der Waals surface area contributed by atoms with E-state index < -0.39 is 0 Å². The van der Waals surface area contributed by atoms with E-state index >= 15 is 0 Å². The van der Waals surface area contributed by atoms with Crippen molar-refractivity contribution in [3.05, 3.63) is 48.3 Å². The number of hydrogen-bond donors (Lipinski definition) is 2. The fourth-order valence-corrected chi connectivity index (χ4v) is 3.83. The minimum Gasteiger partial charge on any atom is -0.357 e. The summed E-state index contributed by atoms with van der Waals surface area (Å²) >= 11 is 0. The zero-order valence-electron chi connectivity index (χ0n) is 19.3. The molecule has 0 saturated carbocycles. The number of rotatable bonds is 7. The molecule has 1 aliphatic rings. The van der Waals surface area contributed by atoms with Gasteiger partial charge >= 0.3 is 0 Å². The van der Waals surface area contributed by atoms with E-state index in [1.807, 2.05) is 31.1 Å². The number of carbonyl (C=O) groups is 1. The number of guanidine groups is 1. The second kappa shape index (κ2) is 9.96. The third-order valence-corrected chi connectivity index (χ3v) is 5.39. The molecule has 31 heavy (non-hydrogen) atoms. The summed E-state index contributed by atoms with van der Waals surface area (Å²) in [5.74, 6) is 0.837. The lowest BCUT2D eigenvalue weighted by atomic mass is 10.0. The standard InChI is InChI=1S/C23H35N7O/c1-6-24-22(25-17-23(3,4)27-18(2)19-10-8-7-9-11-19)29-12-13-30(21(31)16-29)20-14-26-28(5)15-20/h7-11,14-15,18,27H,6,12-13,16-17H2,1-5H3,(H,24,25). The van der Waals surface area contributed by atoms with Crippen molar-refractivity contribution < 1.29 is 4.79 Å². The van der Waals surface area contributed by atoms with Gasteiger partial charge in [-0.25, -0.2) is 0 Å². The van der Waals surface area contributed by atoms with Crippen LogP contribution in [0.25, 0.3) is 0 Å². The lowest BCUT2D eigenvalue weighted by Crippen LogP contribution is -2.55. The maximum Gasteiger partial charge on any atom is 0.246 e. The van der Waals surface area contributed by atoms with Gasteiger partial charge in [-0.2, -0.15) is 5.10 Å². The van der Waals surface area contributed by atoms with Gasteiger partial charge in [0, 0.05) is 44.5 Å². The molecule has 1 aromatic carbocycles.